The summed E-state index contributed by atoms with van der Waals surface area (Å²) in [6.07, 6.45) is 6.55. The van der Waals surface area contributed by atoms with Gasteiger partial charge in [-0.15, -0.1) is 0 Å². The standard InChI is InChI=1S/C10H10N4O/c1-7-2-3-13-10(8(7)9(11)15)14-5-4-12-6-14/h2-6H,1H3,(H2,11,15). The summed E-state index contributed by atoms with van der Waals surface area (Å²) in [6, 6.07) is 1.75. The lowest BCUT2D eigenvalue weighted by Gasteiger charge is -2.08. The number of aromatic nitrogens is 3. The van der Waals surface area contributed by atoms with Crippen LogP contribution in [-0.2, 0) is 0 Å². The molecule has 0 aliphatic rings. The Balaban J connectivity index is 2.66. The molecule has 2 N–H and O–H groups in total. The highest BCUT2D eigenvalue weighted by molar-refractivity contribution is 5.97. The van der Waals surface area contributed by atoms with Gasteiger partial charge in [0.15, 0.2) is 5.82 Å². The number of rotatable bonds is 2. The average molecular weight is 202 g/mol. The third-order valence-electron chi connectivity index (χ3n) is 2.13. The number of aryl methyl sites for hydroxylation is 1. The van der Waals surface area contributed by atoms with Gasteiger partial charge in [-0.05, 0) is 18.6 Å². The third-order valence-corrected chi connectivity index (χ3v) is 2.13. The highest BCUT2D eigenvalue weighted by Crippen LogP contribution is 2.14. The van der Waals surface area contributed by atoms with Crippen molar-refractivity contribution in [3.63, 3.8) is 0 Å². The molecule has 2 rings (SSSR count). The van der Waals surface area contributed by atoms with Crippen molar-refractivity contribution in [3.8, 4) is 5.82 Å². The molecule has 0 aliphatic heterocycles. The van der Waals surface area contributed by atoms with Crippen molar-refractivity contribution < 1.29 is 4.79 Å². The number of hydrogen-bond acceptors (Lipinski definition) is 3. The van der Waals surface area contributed by atoms with Gasteiger partial charge in [-0.2, -0.15) is 0 Å². The van der Waals surface area contributed by atoms with E-state index in [9.17, 15) is 4.79 Å². The van der Waals surface area contributed by atoms with Crippen LogP contribution in [0.25, 0.3) is 5.82 Å². The first kappa shape index (κ1) is 9.39. The molecular formula is C10H10N4O. The maximum absolute atomic E-state index is 11.3. The van der Waals surface area contributed by atoms with Gasteiger partial charge in [-0.25, -0.2) is 9.97 Å². The summed E-state index contributed by atoms with van der Waals surface area (Å²) in [5.41, 5.74) is 6.54. The molecule has 0 fully saturated rings. The van der Waals surface area contributed by atoms with Crippen LogP contribution in [0.2, 0.25) is 0 Å². The van der Waals surface area contributed by atoms with E-state index in [4.69, 9.17) is 5.73 Å². The van der Waals surface area contributed by atoms with E-state index in [2.05, 4.69) is 9.97 Å². The SMILES string of the molecule is Cc1ccnc(-n2ccnc2)c1C(N)=O. The first-order valence-electron chi connectivity index (χ1n) is 4.44. The van der Waals surface area contributed by atoms with Crippen LogP contribution >= 0.6 is 0 Å². The van der Waals surface area contributed by atoms with Gasteiger partial charge in [0.25, 0.3) is 5.91 Å². The average Bonchev–Trinajstić information content (AvgIpc) is 2.69. The Bertz CT molecular complexity index is 490. The molecule has 0 saturated carbocycles. The minimum Gasteiger partial charge on any atom is -0.365 e. The predicted molar refractivity (Wildman–Crippen MR) is 54.6 cm³/mol. The van der Waals surface area contributed by atoms with Crippen LogP contribution < -0.4 is 5.73 Å². The molecule has 0 spiro atoms. The lowest BCUT2D eigenvalue weighted by atomic mass is 10.1. The predicted octanol–water partition coefficient (Wildman–Crippen LogP) is 0.675. The summed E-state index contributed by atoms with van der Waals surface area (Å²) in [6.45, 7) is 1.82. The fourth-order valence-corrected chi connectivity index (χ4v) is 1.43. The maximum atomic E-state index is 11.3. The second kappa shape index (κ2) is 3.53. The van der Waals surface area contributed by atoms with Gasteiger partial charge in [-0.3, -0.25) is 9.36 Å². The maximum Gasteiger partial charge on any atom is 0.252 e. The van der Waals surface area contributed by atoms with Crippen LogP contribution in [0.4, 0.5) is 0 Å². The molecular weight excluding hydrogens is 192 g/mol. The molecule has 0 aliphatic carbocycles. The number of hydrogen-bond donors (Lipinski definition) is 1. The molecule has 0 saturated heterocycles. The number of carbonyl (C=O) groups is 1. The van der Waals surface area contributed by atoms with Gasteiger partial charge in [0.1, 0.15) is 6.33 Å². The monoisotopic (exact) mass is 202 g/mol. The van der Waals surface area contributed by atoms with E-state index in [1.54, 1.807) is 35.6 Å². The number of amides is 1. The topological polar surface area (TPSA) is 73.8 Å². The molecule has 76 valence electrons. The van der Waals surface area contributed by atoms with Crippen LogP contribution in [0.1, 0.15) is 15.9 Å². The van der Waals surface area contributed by atoms with Crippen molar-refractivity contribution in [1.29, 1.82) is 0 Å². The number of imidazole rings is 1. The molecule has 2 aromatic rings. The van der Waals surface area contributed by atoms with Crippen molar-refractivity contribution in [2.45, 2.75) is 6.92 Å². The lowest BCUT2D eigenvalue weighted by Crippen LogP contribution is -2.17. The molecule has 1 amide bonds. The largest absolute Gasteiger partial charge is 0.365 e. The Kier molecular flexibility index (Phi) is 2.21. The third kappa shape index (κ3) is 1.59. The smallest absolute Gasteiger partial charge is 0.252 e. The Morgan fingerprint density at radius 2 is 2.27 bits per heavy atom. The Morgan fingerprint density at radius 3 is 2.87 bits per heavy atom. The number of carbonyl (C=O) groups excluding carboxylic acids is 1. The van der Waals surface area contributed by atoms with E-state index in [-0.39, 0.29) is 0 Å². The van der Waals surface area contributed by atoms with Crippen molar-refractivity contribution in [2.75, 3.05) is 0 Å². The summed E-state index contributed by atoms with van der Waals surface area (Å²) in [7, 11) is 0. The van der Waals surface area contributed by atoms with Gasteiger partial charge in [0.2, 0.25) is 0 Å². The van der Waals surface area contributed by atoms with Crippen LogP contribution in [0.3, 0.4) is 0 Å². The molecule has 2 aromatic heterocycles. The summed E-state index contributed by atoms with van der Waals surface area (Å²) in [5.74, 6) is 0.0318. The van der Waals surface area contributed by atoms with Crippen LogP contribution in [0.5, 0.6) is 0 Å². The first-order valence-corrected chi connectivity index (χ1v) is 4.44. The normalized spacial score (nSPS) is 10.2. The van der Waals surface area contributed by atoms with E-state index >= 15 is 0 Å². The molecule has 15 heavy (non-hydrogen) atoms. The van der Waals surface area contributed by atoms with Crippen molar-refractivity contribution in [3.05, 3.63) is 42.1 Å². The molecule has 2 heterocycles. The van der Waals surface area contributed by atoms with Gasteiger partial charge in [0, 0.05) is 18.6 Å². The minimum atomic E-state index is -0.482. The van der Waals surface area contributed by atoms with Gasteiger partial charge >= 0.3 is 0 Å². The summed E-state index contributed by atoms with van der Waals surface area (Å²) in [5, 5.41) is 0. The molecule has 0 bridgehead atoms. The molecule has 5 nitrogen and oxygen atoms in total. The van der Waals surface area contributed by atoms with Crippen LogP contribution in [-0.4, -0.2) is 20.4 Å². The van der Waals surface area contributed by atoms with Crippen molar-refractivity contribution in [2.24, 2.45) is 5.73 Å². The molecule has 0 atom stereocenters. The first-order chi connectivity index (χ1) is 7.20. The number of nitrogens with zero attached hydrogens (tertiary/aromatic N) is 3. The van der Waals surface area contributed by atoms with Gasteiger partial charge in [-0.1, -0.05) is 0 Å². The number of primary amides is 1. The zero-order valence-electron chi connectivity index (χ0n) is 8.21. The second-order valence-electron chi connectivity index (χ2n) is 3.16. The van der Waals surface area contributed by atoms with E-state index in [1.165, 1.54) is 0 Å². The van der Waals surface area contributed by atoms with Gasteiger partial charge < -0.3 is 5.73 Å². The van der Waals surface area contributed by atoms with E-state index in [0.29, 0.717) is 11.4 Å². The number of nitrogens with two attached hydrogens (primary N) is 1. The molecule has 0 unspecified atom stereocenters. The fourth-order valence-electron chi connectivity index (χ4n) is 1.43. The van der Waals surface area contributed by atoms with Crippen LogP contribution in [0, 0.1) is 6.92 Å². The lowest BCUT2D eigenvalue weighted by molar-refractivity contribution is 0.0999. The molecule has 0 aromatic carbocycles. The highest BCUT2D eigenvalue weighted by atomic mass is 16.1. The molecule has 5 heteroatoms. The summed E-state index contributed by atoms with van der Waals surface area (Å²) < 4.78 is 1.66. The zero-order chi connectivity index (χ0) is 10.8. The number of pyridine rings is 1. The van der Waals surface area contributed by atoms with E-state index in [0.717, 1.165) is 5.56 Å². The van der Waals surface area contributed by atoms with Crippen molar-refractivity contribution >= 4 is 5.91 Å². The van der Waals surface area contributed by atoms with Gasteiger partial charge in [0.05, 0.1) is 5.56 Å². The Hall–Kier alpha value is -2.17. The second-order valence-corrected chi connectivity index (χ2v) is 3.16. The Morgan fingerprint density at radius 1 is 1.47 bits per heavy atom. The van der Waals surface area contributed by atoms with Crippen molar-refractivity contribution in [1.82, 2.24) is 14.5 Å². The minimum absolute atomic E-state index is 0.426. The quantitative estimate of drug-likeness (QED) is 0.778. The van der Waals surface area contributed by atoms with Crippen LogP contribution in [0.15, 0.2) is 31.0 Å². The zero-order valence-corrected chi connectivity index (χ0v) is 8.21. The van der Waals surface area contributed by atoms with E-state index < -0.39 is 5.91 Å². The summed E-state index contributed by atoms with van der Waals surface area (Å²) >= 11 is 0. The molecule has 0 radical (unpaired) electrons. The summed E-state index contributed by atoms with van der Waals surface area (Å²) in [4.78, 5) is 19.3. The Labute approximate surface area is 86.6 Å². The highest BCUT2D eigenvalue weighted by Gasteiger charge is 2.13. The fraction of sp³-hybridized carbons (Fsp3) is 0.100. The van der Waals surface area contributed by atoms with E-state index in [1.807, 2.05) is 6.92 Å².